The van der Waals surface area contributed by atoms with Gasteiger partial charge in [0, 0.05) is 36.0 Å². The Labute approximate surface area is 363 Å². The first-order valence-electron chi connectivity index (χ1n) is 22.0. The quantitative estimate of drug-likeness (QED) is 0.0599. The SMILES string of the molecule is COc1cc(CCC(O)C2C(=O)CC(c3cc(O)c(O)c(OCC(C)C)c3)CCc3c(ccc4cc(O)ccc34)NC3=CC(=CCN3)C23CCCC3Cc2ccc[nH]2)ccc1O. The Morgan fingerprint density at radius 3 is 2.58 bits per heavy atom. The lowest BCUT2D eigenvalue weighted by molar-refractivity contribution is -0.134. The molecular weight excluding hydrogens is 783 g/mol. The summed E-state index contributed by atoms with van der Waals surface area (Å²) < 4.78 is 11.5. The van der Waals surface area contributed by atoms with Crippen molar-refractivity contribution < 1.29 is 39.8 Å². The van der Waals surface area contributed by atoms with Crippen molar-refractivity contribution in [3.63, 3.8) is 0 Å². The number of phenolic OH excluding ortho intramolecular Hbond substituents is 4. The smallest absolute Gasteiger partial charge is 0.200 e. The topological polar surface area (TPSA) is 177 Å². The van der Waals surface area contributed by atoms with Gasteiger partial charge in [-0.2, -0.15) is 0 Å². The van der Waals surface area contributed by atoms with E-state index in [4.69, 9.17) is 9.47 Å². The fourth-order valence-corrected chi connectivity index (χ4v) is 10.5. The van der Waals surface area contributed by atoms with Gasteiger partial charge in [-0.3, -0.25) is 4.79 Å². The molecule has 62 heavy (non-hydrogen) atoms. The van der Waals surface area contributed by atoms with Crippen molar-refractivity contribution in [2.45, 2.75) is 83.7 Å². The average Bonchev–Trinajstić information content (AvgIpc) is 3.93. The highest BCUT2D eigenvalue weighted by Gasteiger charge is 2.55. The van der Waals surface area contributed by atoms with E-state index in [0.717, 1.165) is 57.5 Å². The van der Waals surface area contributed by atoms with E-state index in [-0.39, 0.29) is 52.8 Å². The second kappa shape index (κ2) is 18.1. The molecule has 5 aromatic rings. The first-order chi connectivity index (χ1) is 29.9. The van der Waals surface area contributed by atoms with Gasteiger partial charge in [0.05, 0.1) is 25.7 Å². The van der Waals surface area contributed by atoms with Crippen molar-refractivity contribution in [1.29, 1.82) is 0 Å². The lowest BCUT2D eigenvalue weighted by Gasteiger charge is -2.46. The second-order valence-corrected chi connectivity index (χ2v) is 17.8. The van der Waals surface area contributed by atoms with Crippen molar-refractivity contribution in [1.82, 2.24) is 10.3 Å². The molecule has 1 spiro atoms. The molecule has 1 saturated carbocycles. The molecule has 11 nitrogen and oxygen atoms in total. The molecule has 3 aliphatic rings. The predicted molar refractivity (Wildman–Crippen MR) is 241 cm³/mol. The van der Waals surface area contributed by atoms with Crippen LogP contribution < -0.4 is 20.1 Å². The highest BCUT2D eigenvalue weighted by atomic mass is 16.5. The summed E-state index contributed by atoms with van der Waals surface area (Å²) >= 11 is 0. The minimum absolute atomic E-state index is 0.0154. The molecule has 8 rings (SSSR count). The molecule has 4 aromatic carbocycles. The number of hydrogen-bond acceptors (Lipinski definition) is 10. The zero-order valence-corrected chi connectivity index (χ0v) is 35.8. The van der Waals surface area contributed by atoms with E-state index in [1.165, 1.54) is 7.11 Å². The molecule has 0 saturated heterocycles. The molecule has 1 fully saturated rings. The standard InChI is InChI=1S/C51H59N3O8/c1-30(2)29-62-47-26-34(25-45(59)50(47)60)32-10-13-40-39-14-12-38(55)23-33(39)11-15-41(40)54-48-28-36(18-21-53-48)51(19-4-6-35(51)27-37-7-5-20-52-37)49(44(58)24-32)43(57)17-9-31-8-16-42(56)46(22-31)61-3/h5,7-8,11-12,14-16,18,20,22-23,25-26,28,30,32,35,43,49,52-57,59-60H,4,6,9-10,13,17,19,21,24,27,29H2,1-3H3. The molecule has 5 atom stereocenters. The number of methoxy groups -OCH3 is 1. The summed E-state index contributed by atoms with van der Waals surface area (Å²) in [6.45, 7) is 4.86. The van der Waals surface area contributed by atoms with Crippen LogP contribution in [0.15, 0.2) is 103 Å². The molecule has 11 heteroatoms. The summed E-state index contributed by atoms with van der Waals surface area (Å²) in [4.78, 5) is 19.3. The minimum atomic E-state index is -1.04. The fourth-order valence-electron chi connectivity index (χ4n) is 10.5. The Balaban J connectivity index is 1.29. The highest BCUT2D eigenvalue weighted by molar-refractivity contribution is 5.91. The number of ether oxygens (including phenoxy) is 2. The van der Waals surface area contributed by atoms with E-state index in [0.29, 0.717) is 63.0 Å². The van der Waals surface area contributed by atoms with Crippen LogP contribution in [0.25, 0.3) is 10.8 Å². The number of benzene rings is 4. The van der Waals surface area contributed by atoms with Crippen molar-refractivity contribution in [3.05, 3.63) is 125 Å². The van der Waals surface area contributed by atoms with Crippen LogP contribution in [-0.2, 0) is 24.1 Å². The van der Waals surface area contributed by atoms with Gasteiger partial charge in [-0.25, -0.2) is 0 Å². The van der Waals surface area contributed by atoms with Crippen molar-refractivity contribution in [3.8, 4) is 34.5 Å². The number of aliphatic hydroxyl groups excluding tert-OH is 1. The number of anilines is 1. The zero-order valence-electron chi connectivity index (χ0n) is 35.8. The molecule has 2 bridgehead atoms. The number of aromatic amines is 1. The van der Waals surface area contributed by atoms with Crippen LogP contribution in [0.4, 0.5) is 5.69 Å². The van der Waals surface area contributed by atoms with Crippen LogP contribution in [0, 0.1) is 23.2 Å². The number of carbonyl (C=O) groups is 1. The predicted octanol–water partition coefficient (Wildman–Crippen LogP) is 9.14. The molecule has 2 aliphatic heterocycles. The van der Waals surface area contributed by atoms with Crippen LogP contribution in [0.3, 0.4) is 0 Å². The number of Topliss-reactive ketones (excluding diaryl/α,β-unsaturated/α-hetero) is 1. The Morgan fingerprint density at radius 2 is 1.79 bits per heavy atom. The average molecular weight is 842 g/mol. The Kier molecular flexibility index (Phi) is 12.4. The maximum Gasteiger partial charge on any atom is 0.200 e. The lowest BCUT2D eigenvalue weighted by Crippen LogP contribution is -2.48. The maximum absolute atomic E-state index is 15.8. The first kappa shape index (κ1) is 42.6. The summed E-state index contributed by atoms with van der Waals surface area (Å²) in [6, 6.07) is 22.0. The summed E-state index contributed by atoms with van der Waals surface area (Å²) in [5.41, 5.74) is 4.79. The van der Waals surface area contributed by atoms with Crippen LogP contribution >= 0.6 is 0 Å². The summed E-state index contributed by atoms with van der Waals surface area (Å²) in [5, 5.41) is 64.9. The normalized spacial score (nSPS) is 22.1. The monoisotopic (exact) mass is 841 g/mol. The van der Waals surface area contributed by atoms with E-state index >= 15 is 4.79 Å². The van der Waals surface area contributed by atoms with Gasteiger partial charge in [-0.1, -0.05) is 44.5 Å². The number of aliphatic hydroxyl groups is 1. The molecule has 0 amide bonds. The number of dihydropyridines is 1. The maximum atomic E-state index is 15.8. The molecule has 0 radical (unpaired) electrons. The van der Waals surface area contributed by atoms with Crippen molar-refractivity contribution in [2.75, 3.05) is 25.6 Å². The van der Waals surface area contributed by atoms with Gasteiger partial charge in [-0.05, 0) is 156 Å². The number of aromatic hydroxyl groups is 4. The number of phenols is 4. The third-order valence-electron chi connectivity index (χ3n) is 13.4. The molecule has 1 aliphatic carbocycles. The second-order valence-electron chi connectivity index (χ2n) is 17.8. The first-order valence-corrected chi connectivity index (χ1v) is 22.0. The number of aryl methyl sites for hydroxylation is 2. The number of H-pyrrole nitrogens is 1. The Hall–Kier alpha value is -6.07. The number of hydrogen-bond donors (Lipinski definition) is 8. The third kappa shape index (κ3) is 8.68. The minimum Gasteiger partial charge on any atom is -0.508 e. The Morgan fingerprint density at radius 1 is 0.935 bits per heavy atom. The van der Waals surface area contributed by atoms with Gasteiger partial charge in [0.15, 0.2) is 23.0 Å². The number of rotatable bonds is 11. The van der Waals surface area contributed by atoms with Crippen LogP contribution in [0.2, 0.25) is 0 Å². The van der Waals surface area contributed by atoms with Crippen LogP contribution in [0.5, 0.6) is 34.5 Å². The zero-order chi connectivity index (χ0) is 43.5. The van der Waals surface area contributed by atoms with Crippen LogP contribution in [-0.4, -0.2) is 62.7 Å². The van der Waals surface area contributed by atoms with Gasteiger partial charge < -0.3 is 50.6 Å². The van der Waals surface area contributed by atoms with Crippen LogP contribution in [0.1, 0.15) is 80.7 Å². The van der Waals surface area contributed by atoms with Gasteiger partial charge in [0.25, 0.3) is 0 Å². The number of allylic oxidation sites excluding steroid dienone is 2. The van der Waals surface area contributed by atoms with Gasteiger partial charge in [-0.15, -0.1) is 0 Å². The fraction of sp³-hybridized carbons (Fsp3) is 0.392. The number of fused-ring (bicyclic) bond motifs is 5. The summed E-state index contributed by atoms with van der Waals surface area (Å²) in [6.07, 6.45) is 10.2. The molecule has 326 valence electrons. The molecular formula is C51H59N3O8. The number of carbonyl (C=O) groups excluding carboxylic acids is 1. The molecule has 1 aromatic heterocycles. The van der Waals surface area contributed by atoms with Gasteiger partial charge in [0.1, 0.15) is 17.4 Å². The van der Waals surface area contributed by atoms with Crippen molar-refractivity contribution >= 4 is 22.2 Å². The van der Waals surface area contributed by atoms with Gasteiger partial charge in [0.2, 0.25) is 5.75 Å². The number of aromatic nitrogens is 1. The van der Waals surface area contributed by atoms with E-state index in [1.807, 2.05) is 50.4 Å². The summed E-state index contributed by atoms with van der Waals surface area (Å²) in [7, 11) is 1.51. The number of ketones is 1. The number of nitrogens with one attached hydrogen (secondary N) is 3. The molecule has 8 N–H and O–H groups in total. The van der Waals surface area contributed by atoms with E-state index < -0.39 is 23.4 Å². The van der Waals surface area contributed by atoms with Gasteiger partial charge >= 0.3 is 0 Å². The van der Waals surface area contributed by atoms with E-state index in [2.05, 4.69) is 33.8 Å². The van der Waals surface area contributed by atoms with E-state index in [1.54, 1.807) is 36.4 Å². The third-order valence-corrected chi connectivity index (χ3v) is 13.4. The lowest BCUT2D eigenvalue weighted by atomic mass is 9.58. The molecule has 5 unspecified atom stereocenters. The Bertz CT molecular complexity index is 2470. The summed E-state index contributed by atoms with van der Waals surface area (Å²) in [5.74, 6) is -0.304. The van der Waals surface area contributed by atoms with E-state index in [9.17, 15) is 25.5 Å². The molecule has 3 heterocycles. The van der Waals surface area contributed by atoms with Crippen molar-refractivity contribution in [2.24, 2.45) is 23.2 Å². The highest BCUT2D eigenvalue weighted by Crippen LogP contribution is 2.58. The largest absolute Gasteiger partial charge is 0.508 e.